The first-order chi connectivity index (χ1) is 15.9. The molecule has 0 spiro atoms. The summed E-state index contributed by atoms with van der Waals surface area (Å²) in [5.74, 6) is 0. The maximum atomic E-state index is 2.31. The summed E-state index contributed by atoms with van der Waals surface area (Å²) in [6.45, 7) is 4.61. The highest BCUT2D eigenvalue weighted by Crippen LogP contribution is 2.16. The Morgan fingerprint density at radius 3 is 0.364 bits per heavy atom. The average molecular weight is 532 g/mol. The van der Waals surface area contributed by atoms with Crippen molar-refractivity contribution in [2.75, 3.05) is 0 Å². The van der Waals surface area contributed by atoms with Gasteiger partial charge in [-0.25, -0.2) is 0 Å². The normalized spacial score (nSPS) is 11.1. The molecule has 0 N–H and O–H groups in total. The number of rotatable bonds is 29. The molecule has 0 aromatic rings. The molecule has 0 aliphatic rings. The van der Waals surface area contributed by atoms with Crippen LogP contribution in [-0.2, 0) is 0 Å². The second-order valence-electron chi connectivity index (χ2n) is 10.9. The molecule has 0 heterocycles. The first-order valence-electron chi connectivity index (χ1n) is 15.9. The van der Waals surface area contributed by atoms with Crippen LogP contribution in [-0.4, -0.2) is 0 Å². The van der Waals surface area contributed by atoms with Gasteiger partial charge in [-0.3, -0.25) is 0 Å². The Labute approximate surface area is 223 Å². The molecule has 0 nitrogen and oxygen atoms in total. The second-order valence-corrected chi connectivity index (χ2v) is 10.9. The van der Waals surface area contributed by atoms with Crippen molar-refractivity contribution in [1.82, 2.24) is 0 Å². The van der Waals surface area contributed by atoms with Crippen molar-refractivity contribution in [3.8, 4) is 0 Å². The Morgan fingerprint density at radius 2 is 0.273 bits per heavy atom. The highest BCUT2D eigenvalue weighted by molar-refractivity contribution is 8.93. The van der Waals surface area contributed by atoms with Crippen molar-refractivity contribution in [1.29, 1.82) is 0 Å². The van der Waals surface area contributed by atoms with Crippen molar-refractivity contribution in [2.24, 2.45) is 0 Å². The van der Waals surface area contributed by atoms with Gasteiger partial charge in [0.2, 0.25) is 0 Å². The molecule has 0 saturated heterocycles. The first kappa shape index (κ1) is 35.6. The monoisotopic (exact) mass is 530 g/mol. The highest BCUT2D eigenvalue weighted by Gasteiger charge is 1.96. The van der Waals surface area contributed by atoms with Gasteiger partial charge in [0.05, 0.1) is 0 Å². The standard InChI is InChI=1S/C32H66.BrH/c1-3-5-7-9-11-13-15-17-19-21-23-25-27-29-31-32-30-28-26-24-22-20-18-16-14-12-10-8-6-4-2;/h3-32H2,1-2H3;1H. The Morgan fingerprint density at radius 1 is 0.182 bits per heavy atom. The summed E-state index contributed by atoms with van der Waals surface area (Å²) in [5, 5.41) is 0. The van der Waals surface area contributed by atoms with Gasteiger partial charge >= 0.3 is 0 Å². The molecular formula is C32H67Br. The molecule has 0 aliphatic heterocycles. The Hall–Kier alpha value is 0.480. The average Bonchev–Trinajstić information content (AvgIpc) is 2.81. The third-order valence-corrected chi connectivity index (χ3v) is 7.46. The zero-order chi connectivity index (χ0) is 23.2. The van der Waals surface area contributed by atoms with Crippen molar-refractivity contribution in [3.63, 3.8) is 0 Å². The molecule has 0 saturated carbocycles. The van der Waals surface area contributed by atoms with Gasteiger partial charge in [0.15, 0.2) is 0 Å². The van der Waals surface area contributed by atoms with Crippen LogP contribution in [0.5, 0.6) is 0 Å². The zero-order valence-electron chi connectivity index (χ0n) is 23.6. The molecule has 0 unspecified atom stereocenters. The Bertz CT molecular complexity index is 271. The summed E-state index contributed by atoms with van der Waals surface area (Å²) in [7, 11) is 0. The van der Waals surface area contributed by atoms with E-state index < -0.39 is 0 Å². The summed E-state index contributed by atoms with van der Waals surface area (Å²) >= 11 is 0. The number of hydrogen-bond donors (Lipinski definition) is 0. The highest BCUT2D eigenvalue weighted by atomic mass is 79.9. The van der Waals surface area contributed by atoms with Crippen LogP contribution < -0.4 is 0 Å². The number of hydrogen-bond acceptors (Lipinski definition) is 0. The van der Waals surface area contributed by atoms with E-state index in [1.807, 2.05) is 0 Å². The zero-order valence-corrected chi connectivity index (χ0v) is 25.3. The summed E-state index contributed by atoms with van der Waals surface area (Å²) in [6.07, 6.45) is 44.4. The molecule has 33 heavy (non-hydrogen) atoms. The van der Waals surface area contributed by atoms with E-state index in [2.05, 4.69) is 13.8 Å². The van der Waals surface area contributed by atoms with E-state index in [0.717, 1.165) is 0 Å². The maximum Gasteiger partial charge on any atom is -0.0533 e. The van der Waals surface area contributed by atoms with E-state index >= 15 is 0 Å². The molecule has 0 atom stereocenters. The maximum absolute atomic E-state index is 2.31. The molecule has 0 amide bonds. The fourth-order valence-electron chi connectivity index (χ4n) is 5.10. The van der Waals surface area contributed by atoms with Crippen LogP contribution in [0.3, 0.4) is 0 Å². The number of unbranched alkanes of at least 4 members (excludes halogenated alkanes) is 29. The van der Waals surface area contributed by atoms with Gasteiger partial charge in [0.25, 0.3) is 0 Å². The van der Waals surface area contributed by atoms with Gasteiger partial charge in [-0.15, -0.1) is 17.0 Å². The summed E-state index contributed by atoms with van der Waals surface area (Å²) in [6, 6.07) is 0. The molecule has 0 aliphatic carbocycles. The van der Waals surface area contributed by atoms with E-state index in [4.69, 9.17) is 0 Å². The summed E-state index contributed by atoms with van der Waals surface area (Å²) in [4.78, 5) is 0. The van der Waals surface area contributed by atoms with Crippen molar-refractivity contribution < 1.29 is 0 Å². The third-order valence-electron chi connectivity index (χ3n) is 7.46. The smallest absolute Gasteiger partial charge is 0.0533 e. The van der Waals surface area contributed by atoms with Crippen LogP contribution in [0, 0.1) is 0 Å². The quantitative estimate of drug-likeness (QED) is 0.0842. The molecule has 1 heteroatoms. The second kappa shape index (κ2) is 34.6. The lowest BCUT2D eigenvalue weighted by Gasteiger charge is -2.04. The van der Waals surface area contributed by atoms with Gasteiger partial charge in [0.1, 0.15) is 0 Å². The lowest BCUT2D eigenvalue weighted by molar-refractivity contribution is 0.513. The minimum atomic E-state index is 0. The van der Waals surface area contributed by atoms with Gasteiger partial charge in [0, 0.05) is 0 Å². The third kappa shape index (κ3) is 34.7. The molecular weight excluding hydrogens is 464 g/mol. The lowest BCUT2D eigenvalue weighted by atomic mass is 10.0. The van der Waals surface area contributed by atoms with E-state index in [9.17, 15) is 0 Å². The van der Waals surface area contributed by atoms with Crippen LogP contribution in [0.4, 0.5) is 0 Å². The van der Waals surface area contributed by atoms with Gasteiger partial charge in [-0.05, 0) is 0 Å². The fraction of sp³-hybridized carbons (Fsp3) is 1.00. The molecule has 0 bridgehead atoms. The Balaban J connectivity index is 0. The van der Waals surface area contributed by atoms with Crippen LogP contribution >= 0.6 is 17.0 Å². The minimum absolute atomic E-state index is 0. The summed E-state index contributed by atoms with van der Waals surface area (Å²) < 4.78 is 0. The topological polar surface area (TPSA) is 0 Å². The summed E-state index contributed by atoms with van der Waals surface area (Å²) in [5.41, 5.74) is 0. The van der Waals surface area contributed by atoms with Gasteiger partial charge in [-0.1, -0.05) is 206 Å². The SMILES string of the molecule is Br.CCCCCCCCCCCCCCCCCCCCCCCCCCCCCCCC. The van der Waals surface area contributed by atoms with Gasteiger partial charge in [-0.2, -0.15) is 0 Å². The predicted molar refractivity (Wildman–Crippen MR) is 160 cm³/mol. The van der Waals surface area contributed by atoms with Crippen molar-refractivity contribution in [3.05, 3.63) is 0 Å². The van der Waals surface area contributed by atoms with Crippen LogP contribution in [0.2, 0.25) is 0 Å². The molecule has 0 radical (unpaired) electrons. The van der Waals surface area contributed by atoms with E-state index in [-0.39, 0.29) is 17.0 Å². The number of halogens is 1. The lowest BCUT2D eigenvalue weighted by Crippen LogP contribution is -1.85. The van der Waals surface area contributed by atoms with Crippen LogP contribution in [0.1, 0.15) is 206 Å². The fourth-order valence-corrected chi connectivity index (χ4v) is 5.10. The molecule has 0 aromatic carbocycles. The van der Waals surface area contributed by atoms with Crippen molar-refractivity contribution >= 4 is 17.0 Å². The molecule has 0 fully saturated rings. The molecule has 202 valence electrons. The van der Waals surface area contributed by atoms with Crippen molar-refractivity contribution in [2.45, 2.75) is 206 Å². The van der Waals surface area contributed by atoms with E-state index in [1.54, 1.807) is 0 Å². The minimum Gasteiger partial charge on any atom is -0.114 e. The Kier molecular flexibility index (Phi) is 37.4. The van der Waals surface area contributed by atoms with Crippen LogP contribution in [0.25, 0.3) is 0 Å². The van der Waals surface area contributed by atoms with Crippen LogP contribution in [0.15, 0.2) is 0 Å². The molecule has 0 aromatic heterocycles. The largest absolute Gasteiger partial charge is 0.114 e. The predicted octanol–water partition coefficient (Wildman–Crippen LogP) is 13.3. The van der Waals surface area contributed by atoms with E-state index in [0.29, 0.717) is 0 Å². The molecule has 0 rings (SSSR count). The van der Waals surface area contributed by atoms with E-state index in [1.165, 1.54) is 193 Å². The van der Waals surface area contributed by atoms with Gasteiger partial charge < -0.3 is 0 Å². The first-order valence-corrected chi connectivity index (χ1v) is 15.9.